The largest absolute Gasteiger partial charge is 0.505 e. The molecule has 102 valence electrons. The summed E-state index contributed by atoms with van der Waals surface area (Å²) < 4.78 is 0. The zero-order valence-electron chi connectivity index (χ0n) is 11.7. The van der Waals surface area contributed by atoms with Gasteiger partial charge >= 0.3 is 0 Å². The predicted molar refractivity (Wildman–Crippen MR) is 79.3 cm³/mol. The lowest BCUT2D eigenvalue weighted by Crippen LogP contribution is -2.01. The van der Waals surface area contributed by atoms with Crippen LogP contribution in [0.4, 0.5) is 0 Å². The summed E-state index contributed by atoms with van der Waals surface area (Å²) in [5.74, 6) is 0.276. The molecule has 0 spiro atoms. The Morgan fingerprint density at radius 3 is 2.35 bits per heavy atom. The summed E-state index contributed by atoms with van der Waals surface area (Å²) in [5.41, 5.74) is 4.34. The molecule has 0 radical (unpaired) electrons. The molecule has 0 aliphatic carbocycles. The van der Waals surface area contributed by atoms with Crippen LogP contribution in [0.15, 0.2) is 36.4 Å². The van der Waals surface area contributed by atoms with Crippen molar-refractivity contribution >= 4 is 11.0 Å². The highest BCUT2D eigenvalue weighted by molar-refractivity contribution is 5.73. The van der Waals surface area contributed by atoms with E-state index in [1.807, 2.05) is 43.3 Å². The average molecular weight is 267 g/mol. The van der Waals surface area contributed by atoms with Crippen molar-refractivity contribution in [2.45, 2.75) is 26.7 Å². The monoisotopic (exact) mass is 267 g/mol. The van der Waals surface area contributed by atoms with E-state index in [1.165, 1.54) is 4.80 Å². The van der Waals surface area contributed by atoms with Crippen molar-refractivity contribution < 1.29 is 5.11 Å². The quantitative estimate of drug-likeness (QED) is 0.791. The Labute approximate surface area is 117 Å². The van der Waals surface area contributed by atoms with Gasteiger partial charge in [0, 0.05) is 0 Å². The number of nitrogens with zero attached hydrogens (tertiary/aromatic N) is 3. The van der Waals surface area contributed by atoms with Gasteiger partial charge in [-0.05, 0) is 42.7 Å². The second-order valence-electron chi connectivity index (χ2n) is 5.02. The zero-order chi connectivity index (χ0) is 14.1. The molecule has 0 fully saturated rings. The number of aryl methyl sites for hydroxylation is 2. The second kappa shape index (κ2) is 4.96. The Hall–Kier alpha value is -2.36. The molecule has 0 unspecified atom stereocenters. The first-order valence-electron chi connectivity index (χ1n) is 6.84. The lowest BCUT2D eigenvalue weighted by Gasteiger charge is -2.10. The van der Waals surface area contributed by atoms with E-state index < -0.39 is 0 Å². The number of aromatic hydroxyl groups is 1. The van der Waals surface area contributed by atoms with Gasteiger partial charge in [-0.2, -0.15) is 0 Å². The number of benzene rings is 2. The Kier molecular flexibility index (Phi) is 3.14. The van der Waals surface area contributed by atoms with E-state index in [-0.39, 0.29) is 5.75 Å². The number of hydrogen-bond donors (Lipinski definition) is 1. The summed E-state index contributed by atoms with van der Waals surface area (Å²) in [6.07, 6.45) is 1.84. The minimum atomic E-state index is 0.276. The van der Waals surface area contributed by atoms with Crippen molar-refractivity contribution in [3.8, 4) is 11.4 Å². The Morgan fingerprint density at radius 1 is 1.10 bits per heavy atom. The molecule has 0 amide bonds. The van der Waals surface area contributed by atoms with E-state index in [4.69, 9.17) is 0 Å². The van der Waals surface area contributed by atoms with Crippen LogP contribution in [-0.2, 0) is 6.42 Å². The summed E-state index contributed by atoms with van der Waals surface area (Å²) in [7, 11) is 0. The fraction of sp³-hybridized carbons (Fsp3) is 0.250. The highest BCUT2D eigenvalue weighted by Gasteiger charge is 2.12. The molecule has 3 rings (SSSR count). The van der Waals surface area contributed by atoms with E-state index >= 15 is 0 Å². The molecule has 4 heteroatoms. The van der Waals surface area contributed by atoms with Crippen LogP contribution >= 0.6 is 0 Å². The topological polar surface area (TPSA) is 50.9 Å². The van der Waals surface area contributed by atoms with Crippen molar-refractivity contribution in [3.63, 3.8) is 0 Å². The summed E-state index contributed by atoms with van der Waals surface area (Å²) in [4.78, 5) is 1.52. The van der Waals surface area contributed by atoms with Gasteiger partial charge in [-0.15, -0.1) is 15.0 Å². The van der Waals surface area contributed by atoms with Gasteiger partial charge in [0.15, 0.2) is 0 Å². The molecule has 1 heterocycles. The molecule has 0 saturated heterocycles. The highest BCUT2D eigenvalue weighted by atomic mass is 16.3. The Balaban J connectivity index is 2.17. The van der Waals surface area contributed by atoms with Gasteiger partial charge in [-0.25, -0.2) is 0 Å². The van der Waals surface area contributed by atoms with Crippen LogP contribution in [0.2, 0.25) is 0 Å². The van der Waals surface area contributed by atoms with Gasteiger partial charge in [-0.1, -0.05) is 31.5 Å². The van der Waals surface area contributed by atoms with Crippen molar-refractivity contribution in [2.24, 2.45) is 0 Å². The molecule has 0 aliphatic rings. The summed E-state index contributed by atoms with van der Waals surface area (Å²) >= 11 is 0. The summed E-state index contributed by atoms with van der Waals surface area (Å²) in [5, 5.41) is 19.3. The molecule has 0 saturated carbocycles. The number of phenols is 1. The third-order valence-electron chi connectivity index (χ3n) is 3.33. The van der Waals surface area contributed by atoms with Crippen LogP contribution < -0.4 is 0 Å². The van der Waals surface area contributed by atoms with E-state index in [2.05, 4.69) is 17.1 Å². The SMILES string of the molecule is CCCc1cc(C)cc(-n2nc3ccccc3n2)c1O. The number of rotatable bonds is 3. The molecule has 1 aromatic heterocycles. The first kappa shape index (κ1) is 12.7. The van der Waals surface area contributed by atoms with E-state index in [0.29, 0.717) is 5.69 Å². The molecule has 4 nitrogen and oxygen atoms in total. The predicted octanol–water partition coefficient (Wildman–Crippen LogP) is 3.39. The molecule has 20 heavy (non-hydrogen) atoms. The fourth-order valence-corrected chi connectivity index (χ4v) is 2.41. The molecule has 0 bridgehead atoms. The van der Waals surface area contributed by atoms with Gasteiger partial charge in [0.25, 0.3) is 0 Å². The third kappa shape index (κ3) is 2.13. The summed E-state index contributed by atoms with van der Waals surface area (Å²) in [6, 6.07) is 11.6. The number of aromatic nitrogens is 3. The van der Waals surface area contributed by atoms with E-state index in [1.54, 1.807) is 0 Å². The second-order valence-corrected chi connectivity index (χ2v) is 5.02. The van der Waals surface area contributed by atoms with Crippen molar-refractivity contribution in [1.29, 1.82) is 0 Å². The maximum Gasteiger partial charge on any atom is 0.146 e. The number of hydrogen-bond acceptors (Lipinski definition) is 3. The Bertz CT molecular complexity index is 729. The maximum absolute atomic E-state index is 10.4. The van der Waals surface area contributed by atoms with Crippen LogP contribution in [0.1, 0.15) is 24.5 Å². The number of phenolic OH excluding ortho intramolecular Hbond substituents is 1. The van der Waals surface area contributed by atoms with Crippen LogP contribution in [-0.4, -0.2) is 20.1 Å². The van der Waals surface area contributed by atoms with Crippen LogP contribution in [0.3, 0.4) is 0 Å². The lowest BCUT2D eigenvalue weighted by atomic mass is 10.0. The van der Waals surface area contributed by atoms with Crippen molar-refractivity contribution in [3.05, 3.63) is 47.5 Å². The lowest BCUT2D eigenvalue weighted by molar-refractivity contribution is 0.460. The van der Waals surface area contributed by atoms with Gasteiger partial charge < -0.3 is 5.11 Å². The first-order chi connectivity index (χ1) is 9.69. The Morgan fingerprint density at radius 2 is 1.75 bits per heavy atom. The van der Waals surface area contributed by atoms with E-state index in [0.717, 1.165) is 35.0 Å². The molecular weight excluding hydrogens is 250 g/mol. The minimum absolute atomic E-state index is 0.276. The van der Waals surface area contributed by atoms with Crippen LogP contribution in [0, 0.1) is 6.92 Å². The standard InChI is InChI=1S/C16H17N3O/c1-3-6-12-9-11(2)10-15(16(12)20)19-17-13-7-4-5-8-14(13)18-19/h4-5,7-10,20H,3,6H2,1-2H3. The van der Waals surface area contributed by atoms with Crippen molar-refractivity contribution in [1.82, 2.24) is 15.0 Å². The average Bonchev–Trinajstić information content (AvgIpc) is 2.86. The smallest absolute Gasteiger partial charge is 0.146 e. The normalized spacial score (nSPS) is 11.1. The molecule has 0 atom stereocenters. The van der Waals surface area contributed by atoms with Crippen LogP contribution in [0.25, 0.3) is 16.7 Å². The zero-order valence-corrected chi connectivity index (χ0v) is 11.7. The minimum Gasteiger partial charge on any atom is -0.505 e. The van der Waals surface area contributed by atoms with E-state index in [9.17, 15) is 5.11 Å². The van der Waals surface area contributed by atoms with Gasteiger partial charge in [0.2, 0.25) is 0 Å². The molecule has 1 N–H and O–H groups in total. The van der Waals surface area contributed by atoms with Crippen LogP contribution in [0.5, 0.6) is 5.75 Å². The molecule has 3 aromatic rings. The highest BCUT2D eigenvalue weighted by Crippen LogP contribution is 2.28. The third-order valence-corrected chi connectivity index (χ3v) is 3.33. The first-order valence-corrected chi connectivity index (χ1v) is 6.84. The number of fused-ring (bicyclic) bond motifs is 1. The van der Waals surface area contributed by atoms with Gasteiger partial charge in [0.05, 0.1) is 0 Å². The maximum atomic E-state index is 10.4. The fourth-order valence-electron chi connectivity index (χ4n) is 2.41. The molecular formula is C16H17N3O. The van der Waals surface area contributed by atoms with Gasteiger partial charge in [-0.3, -0.25) is 0 Å². The van der Waals surface area contributed by atoms with Gasteiger partial charge in [0.1, 0.15) is 22.5 Å². The molecule has 2 aromatic carbocycles. The summed E-state index contributed by atoms with van der Waals surface area (Å²) in [6.45, 7) is 4.12. The van der Waals surface area contributed by atoms with Crippen molar-refractivity contribution in [2.75, 3.05) is 0 Å². The molecule has 0 aliphatic heterocycles.